The third-order valence-electron chi connectivity index (χ3n) is 4.81. The van der Waals surface area contributed by atoms with Gasteiger partial charge in [-0.15, -0.1) is 0 Å². The lowest BCUT2D eigenvalue weighted by Crippen LogP contribution is -2.16. The molecule has 29 heavy (non-hydrogen) atoms. The van der Waals surface area contributed by atoms with Crippen molar-refractivity contribution >= 4 is 24.0 Å². The topological polar surface area (TPSA) is 43.2 Å². The van der Waals surface area contributed by atoms with Crippen LogP contribution in [0.5, 0.6) is 11.5 Å². The van der Waals surface area contributed by atoms with Gasteiger partial charge in [0.2, 0.25) is 0 Å². The molecule has 0 aliphatic heterocycles. The van der Waals surface area contributed by atoms with Crippen LogP contribution >= 0.6 is 12.6 Å². The first-order chi connectivity index (χ1) is 14.2. The Hall–Kier alpha value is -2.01. The second kappa shape index (κ2) is 14.0. The van der Waals surface area contributed by atoms with E-state index in [0.29, 0.717) is 0 Å². The predicted molar refractivity (Wildman–Crippen MR) is 124 cm³/mol. The van der Waals surface area contributed by atoms with Crippen molar-refractivity contribution in [1.29, 1.82) is 0 Å². The molecule has 0 aromatic heterocycles. The Morgan fingerprint density at radius 2 is 1.31 bits per heavy atom. The van der Waals surface area contributed by atoms with Crippen LogP contribution < -0.4 is 9.47 Å². The molecule has 1 unspecified atom stereocenters. The molecule has 0 fully saturated rings. The summed E-state index contributed by atoms with van der Waals surface area (Å²) in [6, 6.07) is 15.4. The Labute approximate surface area is 181 Å². The zero-order chi connectivity index (χ0) is 20.7. The van der Waals surface area contributed by atoms with Gasteiger partial charge in [-0.3, -0.25) is 0 Å². The number of hydrogen-bond acceptors (Lipinski definition) is 5. The second-order valence-corrected chi connectivity index (χ2v) is 7.65. The van der Waals surface area contributed by atoms with Crippen LogP contribution in [0.2, 0.25) is 0 Å². The van der Waals surface area contributed by atoms with Crippen molar-refractivity contribution in [3.05, 3.63) is 48.5 Å². The highest BCUT2D eigenvalue weighted by Crippen LogP contribution is 2.25. The van der Waals surface area contributed by atoms with Gasteiger partial charge in [0, 0.05) is 0 Å². The standard InChI is InChI=1S/C24H34N2O2S/c1-3-4-5-6-7-9-23(10-8-19-29)28-24-17-13-21(14-18-24)26-25-20-11-15-22(27-2)16-12-20/h11-18,23,29H,3-10,19H2,1-2H3. The predicted octanol–water partition coefficient (Wildman–Crippen LogP) is 7.93. The first kappa shape index (κ1) is 23.3. The fourth-order valence-electron chi connectivity index (χ4n) is 3.10. The van der Waals surface area contributed by atoms with Crippen LogP contribution in [0.1, 0.15) is 58.3 Å². The molecule has 2 aromatic rings. The van der Waals surface area contributed by atoms with Gasteiger partial charge < -0.3 is 9.47 Å². The quantitative estimate of drug-likeness (QED) is 0.194. The number of unbranched alkanes of at least 4 members (excludes halogenated alkanes) is 4. The fraction of sp³-hybridized carbons (Fsp3) is 0.500. The van der Waals surface area contributed by atoms with Gasteiger partial charge in [-0.1, -0.05) is 32.6 Å². The molecule has 0 amide bonds. The molecule has 0 aliphatic rings. The molecule has 0 saturated heterocycles. The minimum absolute atomic E-state index is 0.260. The molecule has 0 N–H and O–H groups in total. The van der Waals surface area contributed by atoms with Crippen molar-refractivity contribution in [2.24, 2.45) is 10.2 Å². The zero-order valence-corrected chi connectivity index (χ0v) is 18.6. The van der Waals surface area contributed by atoms with E-state index in [4.69, 9.17) is 9.47 Å². The maximum absolute atomic E-state index is 6.25. The number of benzene rings is 2. The Kier molecular flexibility index (Phi) is 11.3. The lowest BCUT2D eigenvalue weighted by Gasteiger charge is -2.19. The van der Waals surface area contributed by atoms with Crippen LogP contribution in [-0.2, 0) is 0 Å². The van der Waals surface area contributed by atoms with Crippen LogP contribution in [0.15, 0.2) is 58.8 Å². The van der Waals surface area contributed by atoms with E-state index in [-0.39, 0.29) is 6.10 Å². The Morgan fingerprint density at radius 3 is 1.86 bits per heavy atom. The maximum atomic E-state index is 6.25. The smallest absolute Gasteiger partial charge is 0.119 e. The third-order valence-corrected chi connectivity index (χ3v) is 5.12. The van der Waals surface area contributed by atoms with E-state index in [0.717, 1.165) is 47.9 Å². The monoisotopic (exact) mass is 414 g/mol. The highest BCUT2D eigenvalue weighted by molar-refractivity contribution is 7.80. The van der Waals surface area contributed by atoms with Crippen molar-refractivity contribution in [3.63, 3.8) is 0 Å². The van der Waals surface area contributed by atoms with Gasteiger partial charge >= 0.3 is 0 Å². The number of hydrogen-bond donors (Lipinski definition) is 1. The molecule has 4 nitrogen and oxygen atoms in total. The van der Waals surface area contributed by atoms with E-state index < -0.39 is 0 Å². The number of nitrogens with zero attached hydrogens (tertiary/aromatic N) is 2. The Morgan fingerprint density at radius 1 is 0.759 bits per heavy atom. The first-order valence-electron chi connectivity index (χ1n) is 10.7. The van der Waals surface area contributed by atoms with E-state index in [9.17, 15) is 0 Å². The van der Waals surface area contributed by atoms with Crippen molar-refractivity contribution in [2.75, 3.05) is 12.9 Å². The van der Waals surface area contributed by atoms with Gasteiger partial charge in [-0.25, -0.2) is 0 Å². The molecule has 0 saturated carbocycles. The van der Waals surface area contributed by atoms with Crippen LogP contribution in [0.25, 0.3) is 0 Å². The highest BCUT2D eigenvalue weighted by Gasteiger charge is 2.10. The lowest BCUT2D eigenvalue weighted by atomic mass is 10.0. The third kappa shape index (κ3) is 9.35. The lowest BCUT2D eigenvalue weighted by molar-refractivity contribution is 0.176. The van der Waals surface area contributed by atoms with Gasteiger partial charge in [-0.05, 0) is 80.0 Å². The minimum Gasteiger partial charge on any atom is -0.497 e. The summed E-state index contributed by atoms with van der Waals surface area (Å²) in [6.07, 6.45) is 9.95. The second-order valence-electron chi connectivity index (χ2n) is 7.20. The molecule has 158 valence electrons. The molecular weight excluding hydrogens is 380 g/mol. The van der Waals surface area contributed by atoms with Crippen molar-refractivity contribution in [3.8, 4) is 11.5 Å². The van der Waals surface area contributed by atoms with Crippen LogP contribution in [-0.4, -0.2) is 19.0 Å². The summed E-state index contributed by atoms with van der Waals surface area (Å²) in [4.78, 5) is 0. The van der Waals surface area contributed by atoms with Crippen molar-refractivity contribution in [2.45, 2.75) is 64.4 Å². The minimum atomic E-state index is 0.260. The molecule has 0 radical (unpaired) electrons. The number of azo groups is 1. The number of thiol groups is 1. The van der Waals surface area contributed by atoms with Crippen LogP contribution in [0.4, 0.5) is 11.4 Å². The Balaban J connectivity index is 1.87. The number of ether oxygens (including phenoxy) is 2. The first-order valence-corrected chi connectivity index (χ1v) is 11.3. The summed E-state index contributed by atoms with van der Waals surface area (Å²) in [7, 11) is 1.65. The molecule has 1 atom stereocenters. The van der Waals surface area contributed by atoms with Gasteiger partial charge in [0.1, 0.15) is 11.5 Å². The summed E-state index contributed by atoms with van der Waals surface area (Å²) in [6.45, 7) is 2.25. The molecular formula is C24H34N2O2S. The van der Waals surface area contributed by atoms with Crippen molar-refractivity contribution in [1.82, 2.24) is 0 Å². The molecule has 5 heteroatoms. The van der Waals surface area contributed by atoms with E-state index in [1.54, 1.807) is 7.11 Å². The number of rotatable bonds is 14. The molecule has 0 bridgehead atoms. The average molecular weight is 415 g/mol. The van der Waals surface area contributed by atoms with E-state index >= 15 is 0 Å². The van der Waals surface area contributed by atoms with Gasteiger partial charge in [0.15, 0.2) is 0 Å². The maximum Gasteiger partial charge on any atom is 0.119 e. The van der Waals surface area contributed by atoms with E-state index in [1.165, 1.54) is 32.1 Å². The fourth-order valence-corrected chi connectivity index (χ4v) is 3.29. The van der Waals surface area contributed by atoms with Gasteiger partial charge in [0.25, 0.3) is 0 Å². The molecule has 0 spiro atoms. The average Bonchev–Trinajstić information content (AvgIpc) is 2.77. The normalized spacial score (nSPS) is 12.2. The summed E-state index contributed by atoms with van der Waals surface area (Å²) in [5.74, 6) is 2.61. The van der Waals surface area contributed by atoms with Crippen molar-refractivity contribution < 1.29 is 9.47 Å². The van der Waals surface area contributed by atoms with Gasteiger partial charge in [-0.2, -0.15) is 22.9 Å². The molecule has 2 aromatic carbocycles. The largest absolute Gasteiger partial charge is 0.497 e. The Bertz CT molecular complexity index is 702. The number of methoxy groups -OCH3 is 1. The summed E-state index contributed by atoms with van der Waals surface area (Å²) < 4.78 is 11.4. The molecule has 0 aliphatic carbocycles. The SMILES string of the molecule is CCCCCCCC(CCCS)Oc1ccc(N=Nc2ccc(OC)cc2)cc1. The van der Waals surface area contributed by atoms with E-state index in [2.05, 4.69) is 29.8 Å². The van der Waals surface area contributed by atoms with E-state index in [1.807, 2.05) is 48.5 Å². The highest BCUT2D eigenvalue weighted by atomic mass is 32.1. The van der Waals surface area contributed by atoms with Gasteiger partial charge in [0.05, 0.1) is 24.6 Å². The molecule has 2 rings (SSSR count). The summed E-state index contributed by atoms with van der Waals surface area (Å²) >= 11 is 4.35. The van der Waals surface area contributed by atoms with Crippen LogP contribution in [0, 0.1) is 0 Å². The van der Waals surface area contributed by atoms with Crippen LogP contribution in [0.3, 0.4) is 0 Å². The molecule has 0 heterocycles. The summed E-state index contributed by atoms with van der Waals surface area (Å²) in [5, 5.41) is 8.57. The zero-order valence-electron chi connectivity index (χ0n) is 17.7. The summed E-state index contributed by atoms with van der Waals surface area (Å²) in [5.41, 5.74) is 1.60.